The lowest BCUT2D eigenvalue weighted by atomic mass is 9.83. The molecule has 2 atom stereocenters. The molecule has 0 saturated carbocycles. The Morgan fingerprint density at radius 2 is 1.71 bits per heavy atom. The molecule has 3 saturated heterocycles. The van der Waals surface area contributed by atoms with Crippen LogP contribution < -0.4 is 10.1 Å². The van der Waals surface area contributed by atoms with Gasteiger partial charge in [-0.15, -0.1) is 0 Å². The van der Waals surface area contributed by atoms with Crippen LogP contribution >= 0.6 is 0 Å². The highest BCUT2D eigenvalue weighted by atomic mass is 32.2. The second-order valence-electron chi connectivity index (χ2n) is 9.10. The van der Waals surface area contributed by atoms with Crippen LogP contribution in [0.15, 0.2) is 29.2 Å². The van der Waals surface area contributed by atoms with Crippen LogP contribution in [0, 0.1) is 11.8 Å². The van der Waals surface area contributed by atoms with Crippen molar-refractivity contribution >= 4 is 15.9 Å². The monoisotopic (exact) mass is 449 g/mol. The number of piperidine rings is 3. The van der Waals surface area contributed by atoms with E-state index in [1.165, 1.54) is 49.5 Å². The average Bonchev–Trinajstić information content (AvgIpc) is 2.82. The van der Waals surface area contributed by atoms with Gasteiger partial charge in [-0.25, -0.2) is 8.42 Å². The molecule has 3 fully saturated rings. The Kier molecular flexibility index (Phi) is 7.19. The summed E-state index contributed by atoms with van der Waals surface area (Å²) >= 11 is 0. The minimum absolute atomic E-state index is 0.0921. The molecule has 0 bridgehead atoms. The maximum atomic E-state index is 12.9. The van der Waals surface area contributed by atoms with Gasteiger partial charge >= 0.3 is 0 Å². The minimum Gasteiger partial charge on any atom is -0.497 e. The first-order valence-corrected chi connectivity index (χ1v) is 13.1. The normalized spacial score (nSPS) is 26.2. The molecule has 3 aliphatic rings. The van der Waals surface area contributed by atoms with Gasteiger partial charge < -0.3 is 15.0 Å². The van der Waals surface area contributed by atoms with Crippen molar-refractivity contribution in [3.63, 3.8) is 0 Å². The Morgan fingerprint density at radius 3 is 2.42 bits per heavy atom. The van der Waals surface area contributed by atoms with Crippen LogP contribution in [-0.2, 0) is 14.8 Å². The van der Waals surface area contributed by atoms with E-state index in [0.29, 0.717) is 43.6 Å². The number of hydrogen-bond donors (Lipinski definition) is 1. The molecule has 172 valence electrons. The van der Waals surface area contributed by atoms with Gasteiger partial charge in [0, 0.05) is 31.6 Å². The predicted octanol–water partition coefficient (Wildman–Crippen LogP) is 2.48. The highest BCUT2D eigenvalue weighted by molar-refractivity contribution is 7.89. The van der Waals surface area contributed by atoms with Crippen LogP contribution in [-0.4, -0.2) is 69.4 Å². The molecule has 1 N–H and O–H groups in total. The number of carbonyl (C=O) groups is 1. The summed E-state index contributed by atoms with van der Waals surface area (Å²) in [6.07, 6.45) is 7.41. The van der Waals surface area contributed by atoms with Crippen molar-refractivity contribution in [2.24, 2.45) is 11.8 Å². The largest absolute Gasteiger partial charge is 0.497 e. The summed E-state index contributed by atoms with van der Waals surface area (Å²) in [5, 5.41) is 3.21. The summed E-state index contributed by atoms with van der Waals surface area (Å²) in [5.74, 6) is 1.17. The second kappa shape index (κ2) is 9.88. The molecule has 0 aromatic heterocycles. The number of methoxy groups -OCH3 is 1. The highest BCUT2D eigenvalue weighted by Crippen LogP contribution is 2.31. The van der Waals surface area contributed by atoms with Gasteiger partial charge in [0.1, 0.15) is 5.75 Å². The Bertz CT molecular complexity index is 848. The zero-order chi connectivity index (χ0) is 21.8. The van der Waals surface area contributed by atoms with E-state index >= 15 is 0 Å². The number of fused-ring (bicyclic) bond motifs is 1. The van der Waals surface area contributed by atoms with Crippen LogP contribution in [0.2, 0.25) is 0 Å². The average molecular weight is 450 g/mol. The van der Waals surface area contributed by atoms with Gasteiger partial charge in [0.25, 0.3) is 0 Å². The number of rotatable bonds is 6. The molecule has 3 heterocycles. The first-order chi connectivity index (χ1) is 15.0. The maximum absolute atomic E-state index is 12.9. The number of carbonyl (C=O) groups excluding carboxylic acids is 1. The Hall–Kier alpha value is -1.64. The standard InChI is InChI=1S/C23H35N3O4S/c1-30-20-7-9-21(10-8-20)31(28,29)26-15-11-18(12-16-26)23(27)24-17-19-5-4-14-25-13-3-2-6-22(19)25/h7-10,18-19,22H,2-6,11-17H2,1H3,(H,24,27)/t19-,22+/m0/s1. The molecular formula is C23H35N3O4S. The fraction of sp³-hybridized carbons (Fsp3) is 0.696. The van der Waals surface area contributed by atoms with Gasteiger partial charge in [-0.1, -0.05) is 6.42 Å². The van der Waals surface area contributed by atoms with Gasteiger partial charge in [-0.2, -0.15) is 4.31 Å². The number of hydrogen-bond acceptors (Lipinski definition) is 5. The zero-order valence-corrected chi connectivity index (χ0v) is 19.3. The molecule has 0 radical (unpaired) electrons. The van der Waals surface area contributed by atoms with Crippen LogP contribution in [0.4, 0.5) is 0 Å². The number of ether oxygens (including phenoxy) is 1. The number of benzene rings is 1. The quantitative estimate of drug-likeness (QED) is 0.722. The lowest BCUT2D eigenvalue weighted by Crippen LogP contribution is -2.51. The van der Waals surface area contributed by atoms with E-state index in [-0.39, 0.29) is 16.7 Å². The number of amides is 1. The predicted molar refractivity (Wildman–Crippen MR) is 119 cm³/mol. The van der Waals surface area contributed by atoms with Crippen molar-refractivity contribution in [1.82, 2.24) is 14.5 Å². The summed E-state index contributed by atoms with van der Waals surface area (Å²) in [6.45, 7) is 3.93. The fourth-order valence-corrected chi connectivity index (χ4v) is 6.92. The van der Waals surface area contributed by atoms with Crippen molar-refractivity contribution in [2.45, 2.75) is 55.9 Å². The topological polar surface area (TPSA) is 79.0 Å². The van der Waals surface area contributed by atoms with Crippen LogP contribution in [0.25, 0.3) is 0 Å². The summed E-state index contributed by atoms with van der Waals surface area (Å²) in [4.78, 5) is 15.7. The molecular weight excluding hydrogens is 414 g/mol. The SMILES string of the molecule is COc1ccc(S(=O)(=O)N2CCC(C(=O)NC[C@@H]3CCCN4CCCC[C@H]34)CC2)cc1. The van der Waals surface area contributed by atoms with Gasteiger partial charge in [0.15, 0.2) is 0 Å². The third-order valence-corrected chi connectivity index (χ3v) is 9.20. The number of sulfonamides is 1. The Morgan fingerprint density at radius 1 is 1.00 bits per heavy atom. The third-order valence-electron chi connectivity index (χ3n) is 7.29. The lowest BCUT2D eigenvalue weighted by molar-refractivity contribution is -0.126. The van der Waals surface area contributed by atoms with Crippen LogP contribution in [0.1, 0.15) is 44.9 Å². The molecule has 1 amide bonds. The van der Waals surface area contributed by atoms with Gasteiger partial charge in [0.05, 0.1) is 12.0 Å². The van der Waals surface area contributed by atoms with Crippen molar-refractivity contribution in [3.05, 3.63) is 24.3 Å². The molecule has 7 nitrogen and oxygen atoms in total. The highest BCUT2D eigenvalue weighted by Gasteiger charge is 2.35. The van der Waals surface area contributed by atoms with E-state index in [9.17, 15) is 13.2 Å². The Labute approximate surface area is 186 Å². The van der Waals surface area contributed by atoms with Crippen molar-refractivity contribution in [1.29, 1.82) is 0 Å². The summed E-state index contributed by atoms with van der Waals surface area (Å²) in [6, 6.07) is 7.09. The maximum Gasteiger partial charge on any atom is 0.243 e. The van der Waals surface area contributed by atoms with E-state index in [2.05, 4.69) is 10.2 Å². The summed E-state index contributed by atoms with van der Waals surface area (Å²) in [7, 11) is -1.98. The van der Waals surface area contributed by atoms with E-state index < -0.39 is 10.0 Å². The van der Waals surface area contributed by atoms with E-state index in [4.69, 9.17) is 4.74 Å². The first-order valence-electron chi connectivity index (χ1n) is 11.6. The van der Waals surface area contributed by atoms with Crippen LogP contribution in [0.3, 0.4) is 0 Å². The molecule has 1 aromatic rings. The molecule has 0 spiro atoms. The lowest BCUT2D eigenvalue weighted by Gasteiger charge is -2.44. The van der Waals surface area contributed by atoms with E-state index in [1.807, 2.05) is 0 Å². The van der Waals surface area contributed by atoms with Crippen molar-refractivity contribution in [3.8, 4) is 5.75 Å². The van der Waals surface area contributed by atoms with Gasteiger partial charge in [-0.3, -0.25) is 4.79 Å². The van der Waals surface area contributed by atoms with E-state index in [1.54, 1.807) is 31.4 Å². The molecule has 8 heteroatoms. The molecule has 1 aromatic carbocycles. The van der Waals surface area contributed by atoms with Gasteiger partial charge in [0.2, 0.25) is 15.9 Å². The van der Waals surface area contributed by atoms with Crippen molar-refractivity contribution < 1.29 is 17.9 Å². The Balaban J connectivity index is 1.27. The number of nitrogens with one attached hydrogen (secondary N) is 1. The number of nitrogens with zero attached hydrogens (tertiary/aromatic N) is 2. The van der Waals surface area contributed by atoms with Gasteiger partial charge in [-0.05, 0) is 81.8 Å². The van der Waals surface area contributed by atoms with Crippen LogP contribution in [0.5, 0.6) is 5.75 Å². The summed E-state index contributed by atoms with van der Waals surface area (Å²) in [5.41, 5.74) is 0. The van der Waals surface area contributed by atoms with Crippen molar-refractivity contribution in [2.75, 3.05) is 39.8 Å². The zero-order valence-electron chi connectivity index (χ0n) is 18.5. The smallest absolute Gasteiger partial charge is 0.243 e. The second-order valence-corrected chi connectivity index (χ2v) is 11.0. The molecule has 4 rings (SSSR count). The third kappa shape index (κ3) is 5.07. The molecule has 31 heavy (non-hydrogen) atoms. The molecule has 3 aliphatic heterocycles. The molecule has 0 aliphatic carbocycles. The van der Waals surface area contributed by atoms with E-state index in [0.717, 1.165) is 6.54 Å². The summed E-state index contributed by atoms with van der Waals surface area (Å²) < 4.78 is 32.4. The fourth-order valence-electron chi connectivity index (χ4n) is 5.45. The minimum atomic E-state index is -3.54. The molecule has 0 unspecified atom stereocenters. The first kappa shape index (κ1) is 22.6.